The Morgan fingerprint density at radius 1 is 0.549 bits per heavy atom. The van der Waals surface area contributed by atoms with Crippen molar-refractivity contribution >= 4 is 69.6 Å². The van der Waals surface area contributed by atoms with E-state index in [4.69, 9.17) is 17.0 Å². The Bertz CT molecular complexity index is 2380. The molecule has 8 aromatic rings. The van der Waals surface area contributed by atoms with Crippen molar-refractivity contribution in [3.8, 4) is 22.3 Å². The van der Waals surface area contributed by atoms with Crippen molar-refractivity contribution in [2.24, 2.45) is 0 Å². The molecule has 8 rings (SSSR count). The standard InChI is InChI=1S/C23H21.C22H19.C2H6Si.2ClH.Zr/c1-14-12-21-16(3)15(2)17(4)23(22(21)13-14)20-11-7-9-18-8-5-6-10-19(18)20;1-15(2)18-13-17-9-6-12-21(22(17)14-18)20-11-5-8-16-7-3-4-10-19(16)20;1-3-2;;;/h5-13H,1-4H3;3-15H,1-2H3;1-2H3;2*1H;/q2*-1;;;;+4/p-2. The third-order valence-corrected chi connectivity index (χ3v) is 9.79. The van der Waals surface area contributed by atoms with E-state index in [9.17, 15) is 0 Å². The molecule has 0 nitrogen and oxygen atoms in total. The van der Waals surface area contributed by atoms with Crippen LogP contribution in [0.4, 0.5) is 0 Å². The van der Waals surface area contributed by atoms with Crippen LogP contribution < -0.4 is 0 Å². The number of aryl methyl sites for hydroxylation is 2. The minimum absolute atomic E-state index is 0.563. The van der Waals surface area contributed by atoms with Gasteiger partial charge in [-0.3, -0.25) is 0 Å². The molecule has 8 aromatic carbocycles. The van der Waals surface area contributed by atoms with Crippen LogP contribution in [-0.4, -0.2) is 9.52 Å². The summed E-state index contributed by atoms with van der Waals surface area (Å²) in [7, 11) is 11.0. The molecule has 0 spiro atoms. The van der Waals surface area contributed by atoms with E-state index in [1.165, 1.54) is 93.2 Å². The van der Waals surface area contributed by atoms with E-state index in [1.807, 2.05) is 0 Å². The molecule has 51 heavy (non-hydrogen) atoms. The molecule has 256 valence electrons. The number of halogens is 2. The first-order chi connectivity index (χ1) is 24.6. The van der Waals surface area contributed by atoms with Crippen LogP contribution in [0.15, 0.2) is 127 Å². The van der Waals surface area contributed by atoms with Crippen LogP contribution in [0.1, 0.15) is 47.6 Å². The van der Waals surface area contributed by atoms with Crippen LogP contribution in [0.3, 0.4) is 0 Å². The van der Waals surface area contributed by atoms with Gasteiger partial charge >= 0.3 is 37.9 Å². The van der Waals surface area contributed by atoms with Crippen LogP contribution in [0.25, 0.3) is 65.3 Å². The Morgan fingerprint density at radius 3 is 1.63 bits per heavy atom. The molecule has 0 saturated carbocycles. The third kappa shape index (κ3) is 8.53. The second-order valence-corrected chi connectivity index (χ2v) is 18.2. The molecule has 0 atom stereocenters. The van der Waals surface area contributed by atoms with Gasteiger partial charge in [0.25, 0.3) is 0 Å². The predicted octanol–water partition coefficient (Wildman–Crippen LogP) is 15.3. The molecule has 0 aliphatic carbocycles. The fraction of sp³-hybridized carbons (Fsp3) is 0.191. The van der Waals surface area contributed by atoms with Gasteiger partial charge in [-0.05, 0) is 52.4 Å². The average molecular weight is 801 g/mol. The molecule has 2 radical (unpaired) electrons. The average Bonchev–Trinajstić information content (AvgIpc) is 3.76. The summed E-state index contributed by atoms with van der Waals surface area (Å²) in [5.74, 6) is 0.563. The summed E-state index contributed by atoms with van der Waals surface area (Å²) in [6.07, 6.45) is 0. The van der Waals surface area contributed by atoms with E-state index in [2.05, 4.69) is 182 Å². The second kappa shape index (κ2) is 18.0. The van der Waals surface area contributed by atoms with Crippen LogP contribution in [0.2, 0.25) is 13.1 Å². The molecule has 0 fully saturated rings. The SMILES string of the molecule is CC(C)c1cc2c(-c3cccc4ccccc34)cccc2[cH-]1.C[Si]C.Cc1cc2c(-c3cccc4ccccc34)c(C)c(C)c(C)c2[cH-]1.[Cl][Zr+2][Cl]. The van der Waals surface area contributed by atoms with E-state index >= 15 is 0 Å². The molecule has 0 N–H and O–H groups in total. The predicted molar refractivity (Wildman–Crippen MR) is 227 cm³/mol. The Balaban J connectivity index is 0.000000172. The first-order valence-corrected chi connectivity index (χ1v) is 25.8. The number of benzene rings is 6. The molecule has 0 saturated heterocycles. The van der Waals surface area contributed by atoms with Crippen molar-refractivity contribution in [2.45, 2.75) is 60.6 Å². The van der Waals surface area contributed by atoms with E-state index < -0.39 is 20.8 Å². The minimum atomic E-state index is -0.826. The quantitative estimate of drug-likeness (QED) is 0.123. The first-order valence-electron chi connectivity index (χ1n) is 17.5. The third-order valence-electron chi connectivity index (χ3n) is 9.79. The first kappa shape index (κ1) is 39.0. The maximum atomic E-state index is 4.93. The van der Waals surface area contributed by atoms with E-state index in [-0.39, 0.29) is 0 Å². The van der Waals surface area contributed by atoms with Gasteiger partial charge in [-0.1, -0.05) is 154 Å². The van der Waals surface area contributed by atoms with Gasteiger partial charge in [-0.25, -0.2) is 0 Å². The fourth-order valence-electron chi connectivity index (χ4n) is 7.12. The number of hydrogen-bond donors (Lipinski definition) is 0. The molecule has 4 heteroatoms. The van der Waals surface area contributed by atoms with Crippen LogP contribution in [0, 0.1) is 27.7 Å². The van der Waals surface area contributed by atoms with Gasteiger partial charge in [0.15, 0.2) is 0 Å². The van der Waals surface area contributed by atoms with Crippen LogP contribution in [-0.2, 0) is 20.8 Å². The van der Waals surface area contributed by atoms with Crippen molar-refractivity contribution in [1.29, 1.82) is 0 Å². The molecule has 0 aliphatic heterocycles. The molecular formula is C47H46Cl2SiZr. The van der Waals surface area contributed by atoms with Crippen LogP contribution in [0.5, 0.6) is 0 Å². The Kier molecular flexibility index (Phi) is 13.7. The Labute approximate surface area is 326 Å². The molecule has 0 unspecified atom stereocenters. The topological polar surface area (TPSA) is 0 Å². The zero-order valence-corrected chi connectivity index (χ0v) is 35.9. The van der Waals surface area contributed by atoms with Crippen molar-refractivity contribution in [3.63, 3.8) is 0 Å². The monoisotopic (exact) mass is 798 g/mol. The van der Waals surface area contributed by atoms with Crippen molar-refractivity contribution in [3.05, 3.63) is 155 Å². The second-order valence-electron chi connectivity index (χ2n) is 13.5. The molecular weight excluding hydrogens is 755 g/mol. The molecule has 0 aliphatic rings. The van der Waals surface area contributed by atoms with Crippen LogP contribution >= 0.6 is 17.0 Å². The van der Waals surface area contributed by atoms with Gasteiger partial charge in [-0.15, -0.1) is 62.5 Å². The van der Waals surface area contributed by atoms with Crippen molar-refractivity contribution in [2.75, 3.05) is 0 Å². The van der Waals surface area contributed by atoms with Gasteiger partial charge < -0.3 is 0 Å². The molecule has 0 heterocycles. The Hall–Kier alpha value is -3.26. The molecule has 0 aromatic heterocycles. The normalized spacial score (nSPS) is 10.7. The van der Waals surface area contributed by atoms with E-state index in [0.717, 1.165) is 9.52 Å². The number of fused-ring (bicyclic) bond motifs is 4. The van der Waals surface area contributed by atoms with E-state index in [1.54, 1.807) is 0 Å². The number of hydrogen-bond acceptors (Lipinski definition) is 0. The van der Waals surface area contributed by atoms with Gasteiger partial charge in [0, 0.05) is 9.52 Å². The molecule has 0 amide bonds. The summed E-state index contributed by atoms with van der Waals surface area (Å²) in [6.45, 7) is 17.8. The Morgan fingerprint density at radius 2 is 1.04 bits per heavy atom. The van der Waals surface area contributed by atoms with Gasteiger partial charge in [0.2, 0.25) is 0 Å². The maximum absolute atomic E-state index is 4.93. The van der Waals surface area contributed by atoms with Gasteiger partial charge in [0.1, 0.15) is 0 Å². The molecule has 0 bridgehead atoms. The summed E-state index contributed by atoms with van der Waals surface area (Å²) in [4.78, 5) is 0. The van der Waals surface area contributed by atoms with Gasteiger partial charge in [0.05, 0.1) is 0 Å². The van der Waals surface area contributed by atoms with Crippen molar-refractivity contribution < 1.29 is 20.8 Å². The summed E-state index contributed by atoms with van der Waals surface area (Å²) < 4.78 is 0. The zero-order valence-electron chi connectivity index (χ0n) is 31.0. The van der Waals surface area contributed by atoms with Crippen molar-refractivity contribution in [1.82, 2.24) is 0 Å². The fourth-order valence-corrected chi connectivity index (χ4v) is 7.12. The van der Waals surface area contributed by atoms with Gasteiger partial charge in [-0.2, -0.15) is 12.1 Å². The summed E-state index contributed by atoms with van der Waals surface area (Å²) in [5, 5.41) is 10.8. The zero-order chi connectivity index (χ0) is 36.7. The summed E-state index contributed by atoms with van der Waals surface area (Å²) in [5.41, 5.74) is 12.4. The summed E-state index contributed by atoms with van der Waals surface area (Å²) >= 11 is -0.826. The number of rotatable bonds is 3. The van der Waals surface area contributed by atoms with E-state index in [0.29, 0.717) is 5.92 Å². The summed E-state index contributed by atoms with van der Waals surface area (Å²) in [6, 6.07) is 46.5.